The number of benzene rings is 2. The molecule has 2 aromatic carbocycles. The third kappa shape index (κ3) is 10.6. The van der Waals surface area contributed by atoms with Crippen molar-refractivity contribution in [2.24, 2.45) is 11.5 Å². The Bertz CT molecular complexity index is 582. The molecule has 0 bridgehead atoms. The number of nitrogens with one attached hydrogen (secondary N) is 2. The van der Waals surface area contributed by atoms with Crippen molar-refractivity contribution in [2.75, 3.05) is 19.6 Å². The van der Waals surface area contributed by atoms with Crippen LogP contribution in [0.5, 0.6) is 0 Å². The summed E-state index contributed by atoms with van der Waals surface area (Å²) in [5.74, 6) is 0. The van der Waals surface area contributed by atoms with E-state index in [0.717, 1.165) is 58.4 Å². The Balaban J connectivity index is 1.73. The molecule has 0 saturated carbocycles. The van der Waals surface area contributed by atoms with Crippen molar-refractivity contribution < 1.29 is 0 Å². The predicted octanol–water partition coefficient (Wildman–Crippen LogP) is 3.95. The summed E-state index contributed by atoms with van der Waals surface area (Å²) >= 11 is 0. The Morgan fingerprint density at radius 1 is 0.621 bits per heavy atom. The molecular weight excluding hydrogens is 356 g/mol. The lowest BCUT2D eigenvalue weighted by Crippen LogP contribution is -2.44. The van der Waals surface area contributed by atoms with Crippen molar-refractivity contribution in [1.29, 1.82) is 0 Å². The van der Waals surface area contributed by atoms with Gasteiger partial charge in [0.1, 0.15) is 0 Å². The summed E-state index contributed by atoms with van der Waals surface area (Å²) in [4.78, 5) is 0. The molecule has 0 aliphatic rings. The first kappa shape index (κ1) is 23.6. The van der Waals surface area contributed by atoms with Crippen molar-refractivity contribution in [1.82, 2.24) is 10.6 Å². The van der Waals surface area contributed by atoms with Gasteiger partial charge in [0.15, 0.2) is 0 Å². The van der Waals surface area contributed by atoms with Crippen molar-refractivity contribution in [2.45, 2.75) is 63.6 Å². The van der Waals surface area contributed by atoms with Crippen LogP contribution in [0.1, 0.15) is 56.1 Å². The van der Waals surface area contributed by atoms with Crippen LogP contribution in [-0.2, 0) is 13.1 Å². The highest BCUT2D eigenvalue weighted by Crippen LogP contribution is 2.20. The molecule has 0 unspecified atom stereocenters. The number of rotatable bonds is 16. The third-order valence-corrected chi connectivity index (χ3v) is 5.57. The maximum atomic E-state index is 6.87. The van der Waals surface area contributed by atoms with Crippen LogP contribution in [0, 0.1) is 0 Å². The second kappa shape index (κ2) is 14.3. The Hall–Kier alpha value is -1.72. The molecule has 0 amide bonds. The largest absolute Gasteiger partial charge is 0.330 e. The van der Waals surface area contributed by atoms with E-state index in [1.54, 1.807) is 0 Å². The van der Waals surface area contributed by atoms with Gasteiger partial charge >= 0.3 is 0 Å². The fraction of sp³-hybridized carbons (Fsp3) is 0.520. The lowest BCUT2D eigenvalue weighted by molar-refractivity contribution is 0.315. The van der Waals surface area contributed by atoms with Crippen LogP contribution in [0.4, 0.5) is 0 Å². The van der Waals surface area contributed by atoms with E-state index in [1.807, 2.05) is 0 Å². The molecule has 0 atom stereocenters. The topological polar surface area (TPSA) is 76.1 Å². The van der Waals surface area contributed by atoms with Crippen LogP contribution in [-0.4, -0.2) is 25.2 Å². The Morgan fingerprint density at radius 3 is 1.59 bits per heavy atom. The zero-order chi connectivity index (χ0) is 20.6. The SMILES string of the molecule is NCCCCCCC(N)(CCNCc1ccccc1)CCNCc1ccccc1. The Kier molecular flexibility index (Phi) is 11.6. The Morgan fingerprint density at radius 2 is 1.10 bits per heavy atom. The zero-order valence-electron chi connectivity index (χ0n) is 17.9. The van der Waals surface area contributed by atoms with Crippen molar-refractivity contribution >= 4 is 0 Å². The standard InChI is InChI=1S/C25H40N4/c26-18-10-2-1-9-15-25(27,16-19-28-21-23-11-5-3-6-12-23)17-20-29-22-24-13-7-4-8-14-24/h3-8,11-14,28-29H,1-2,9-10,15-22,26-27H2. The summed E-state index contributed by atoms with van der Waals surface area (Å²) in [5, 5.41) is 7.13. The molecule has 6 N–H and O–H groups in total. The predicted molar refractivity (Wildman–Crippen MR) is 125 cm³/mol. The van der Waals surface area contributed by atoms with E-state index in [2.05, 4.69) is 71.3 Å². The molecule has 2 aromatic rings. The first-order valence-corrected chi connectivity index (χ1v) is 11.2. The van der Waals surface area contributed by atoms with Crippen LogP contribution < -0.4 is 22.1 Å². The third-order valence-electron chi connectivity index (χ3n) is 5.57. The van der Waals surface area contributed by atoms with Gasteiger partial charge in [-0.25, -0.2) is 0 Å². The molecule has 0 saturated heterocycles. The van der Waals surface area contributed by atoms with Crippen molar-refractivity contribution in [3.63, 3.8) is 0 Å². The van der Waals surface area contributed by atoms with Gasteiger partial charge in [-0.15, -0.1) is 0 Å². The summed E-state index contributed by atoms with van der Waals surface area (Å²) < 4.78 is 0. The molecule has 0 fully saturated rings. The first-order valence-electron chi connectivity index (χ1n) is 11.2. The number of unbranched alkanes of at least 4 members (excludes halogenated alkanes) is 3. The van der Waals surface area contributed by atoms with Crippen molar-refractivity contribution in [3.05, 3.63) is 71.8 Å². The van der Waals surface area contributed by atoms with Crippen LogP contribution in [0.2, 0.25) is 0 Å². The van der Waals surface area contributed by atoms with Crippen LogP contribution in [0.25, 0.3) is 0 Å². The van der Waals surface area contributed by atoms with Gasteiger partial charge in [-0.2, -0.15) is 0 Å². The normalized spacial score (nSPS) is 11.7. The second-order valence-corrected chi connectivity index (χ2v) is 8.14. The van der Waals surface area contributed by atoms with Gasteiger partial charge in [0, 0.05) is 18.6 Å². The zero-order valence-corrected chi connectivity index (χ0v) is 17.9. The highest BCUT2D eigenvalue weighted by molar-refractivity contribution is 5.15. The fourth-order valence-electron chi connectivity index (χ4n) is 3.68. The lowest BCUT2D eigenvalue weighted by Gasteiger charge is -2.30. The minimum Gasteiger partial charge on any atom is -0.330 e. The summed E-state index contributed by atoms with van der Waals surface area (Å²) in [6, 6.07) is 21.1. The maximum Gasteiger partial charge on any atom is 0.0205 e. The molecule has 4 heteroatoms. The van der Waals surface area contributed by atoms with Crippen LogP contribution >= 0.6 is 0 Å². The van der Waals surface area contributed by atoms with Crippen LogP contribution in [0.15, 0.2) is 60.7 Å². The van der Waals surface area contributed by atoms with Gasteiger partial charge in [-0.1, -0.05) is 79.9 Å². The van der Waals surface area contributed by atoms with Gasteiger partial charge in [0.2, 0.25) is 0 Å². The minimum absolute atomic E-state index is 0.115. The average Bonchev–Trinajstić information content (AvgIpc) is 2.76. The van der Waals surface area contributed by atoms with Gasteiger partial charge < -0.3 is 22.1 Å². The lowest BCUT2D eigenvalue weighted by atomic mass is 9.86. The van der Waals surface area contributed by atoms with E-state index in [4.69, 9.17) is 11.5 Å². The van der Waals surface area contributed by atoms with Gasteiger partial charge in [-0.05, 0) is 56.4 Å². The summed E-state index contributed by atoms with van der Waals surface area (Å²) in [6.07, 6.45) is 7.84. The minimum atomic E-state index is -0.115. The van der Waals surface area contributed by atoms with Gasteiger partial charge in [-0.3, -0.25) is 0 Å². The van der Waals surface area contributed by atoms with E-state index < -0.39 is 0 Å². The average molecular weight is 397 g/mol. The summed E-state index contributed by atoms with van der Waals surface area (Å²) in [5.41, 5.74) is 15.0. The molecule has 0 spiro atoms. The van der Waals surface area contributed by atoms with Crippen molar-refractivity contribution in [3.8, 4) is 0 Å². The summed E-state index contributed by atoms with van der Waals surface area (Å²) in [7, 11) is 0. The van der Waals surface area contributed by atoms with Gasteiger partial charge in [0.05, 0.1) is 0 Å². The molecule has 29 heavy (non-hydrogen) atoms. The van der Waals surface area contributed by atoms with E-state index in [9.17, 15) is 0 Å². The Labute approximate surface area is 177 Å². The number of nitrogens with two attached hydrogens (primary N) is 2. The first-order chi connectivity index (χ1) is 14.2. The molecule has 160 valence electrons. The number of hydrogen-bond donors (Lipinski definition) is 4. The van der Waals surface area contributed by atoms with E-state index in [1.165, 1.54) is 30.4 Å². The smallest absolute Gasteiger partial charge is 0.0205 e. The van der Waals surface area contributed by atoms with Gasteiger partial charge in [0.25, 0.3) is 0 Å². The van der Waals surface area contributed by atoms with E-state index >= 15 is 0 Å². The second-order valence-electron chi connectivity index (χ2n) is 8.14. The molecule has 0 aliphatic carbocycles. The monoisotopic (exact) mass is 396 g/mol. The number of hydrogen-bond acceptors (Lipinski definition) is 4. The van der Waals surface area contributed by atoms with Crippen LogP contribution in [0.3, 0.4) is 0 Å². The molecule has 0 aliphatic heterocycles. The molecule has 2 rings (SSSR count). The molecule has 4 nitrogen and oxygen atoms in total. The highest BCUT2D eigenvalue weighted by Gasteiger charge is 2.23. The van der Waals surface area contributed by atoms with E-state index in [-0.39, 0.29) is 5.54 Å². The fourth-order valence-corrected chi connectivity index (χ4v) is 3.68. The molecular formula is C25H40N4. The quantitative estimate of drug-likeness (QED) is 0.324. The molecule has 0 aromatic heterocycles. The summed E-state index contributed by atoms with van der Waals surface area (Å²) in [6.45, 7) is 4.50. The molecule has 0 heterocycles. The maximum absolute atomic E-state index is 6.87. The van der Waals surface area contributed by atoms with E-state index in [0.29, 0.717) is 0 Å². The molecule has 0 radical (unpaired) electrons. The highest BCUT2D eigenvalue weighted by atomic mass is 14.9.